The van der Waals surface area contributed by atoms with Crippen molar-refractivity contribution in [2.45, 2.75) is 25.9 Å². The highest BCUT2D eigenvalue weighted by Crippen LogP contribution is 2.26. The number of urea groups is 1. The molecule has 3 rings (SSSR count). The zero-order valence-electron chi connectivity index (χ0n) is 13.8. The molecule has 1 saturated heterocycles. The number of ether oxygens (including phenoxy) is 1. The number of nitrogens with zero attached hydrogens (tertiary/aromatic N) is 3. The molecule has 0 bridgehead atoms. The van der Waals surface area contributed by atoms with Crippen molar-refractivity contribution in [2.24, 2.45) is 7.05 Å². The van der Waals surface area contributed by atoms with Gasteiger partial charge < -0.3 is 9.64 Å². The first-order chi connectivity index (χ1) is 11.5. The summed E-state index contributed by atoms with van der Waals surface area (Å²) in [6, 6.07) is 9.19. The summed E-state index contributed by atoms with van der Waals surface area (Å²) in [4.78, 5) is 14.1. The second kappa shape index (κ2) is 7.13. The number of nitrogens with one attached hydrogen (secondary N) is 1. The van der Waals surface area contributed by atoms with Gasteiger partial charge >= 0.3 is 6.03 Å². The number of hydrogen-bond acceptors (Lipinski definition) is 3. The van der Waals surface area contributed by atoms with E-state index in [1.165, 1.54) is 0 Å². The number of piperidine rings is 1. The predicted molar refractivity (Wildman–Crippen MR) is 93.6 cm³/mol. The summed E-state index contributed by atoms with van der Waals surface area (Å²) in [6.45, 7) is 3.24. The van der Waals surface area contributed by atoms with Gasteiger partial charge in [0.15, 0.2) is 5.82 Å². The summed E-state index contributed by atoms with van der Waals surface area (Å²) < 4.78 is 7.68. The molecule has 0 spiro atoms. The number of carbonyl (C=O) groups is 1. The molecule has 1 fully saturated rings. The molecule has 1 aliphatic rings. The highest BCUT2D eigenvalue weighted by atomic mass is 35.5. The average Bonchev–Trinajstić information content (AvgIpc) is 2.88. The molecule has 2 aromatic rings. The van der Waals surface area contributed by atoms with Crippen LogP contribution in [0.2, 0.25) is 5.02 Å². The molecule has 128 valence electrons. The number of aromatic nitrogens is 2. The first-order valence-corrected chi connectivity index (χ1v) is 8.38. The van der Waals surface area contributed by atoms with Crippen LogP contribution in [0.4, 0.5) is 10.6 Å². The molecule has 7 heteroatoms. The first kappa shape index (κ1) is 16.6. The van der Waals surface area contributed by atoms with Crippen LogP contribution in [0.5, 0.6) is 5.75 Å². The Balaban J connectivity index is 1.51. The molecule has 1 N–H and O–H groups in total. The molecule has 1 aromatic carbocycles. The largest absolute Gasteiger partial charge is 0.489 e. The Morgan fingerprint density at radius 1 is 1.33 bits per heavy atom. The molecule has 1 aromatic heterocycles. The Morgan fingerprint density at radius 3 is 2.67 bits per heavy atom. The molecule has 0 radical (unpaired) electrons. The molecule has 0 unspecified atom stereocenters. The minimum atomic E-state index is -0.121. The van der Waals surface area contributed by atoms with Crippen LogP contribution in [-0.4, -0.2) is 39.9 Å². The van der Waals surface area contributed by atoms with E-state index in [2.05, 4.69) is 10.4 Å². The van der Waals surface area contributed by atoms with E-state index >= 15 is 0 Å². The van der Waals surface area contributed by atoms with Gasteiger partial charge in [-0.05, 0) is 19.1 Å². The molecule has 2 amide bonds. The molecule has 2 heterocycles. The predicted octanol–water partition coefficient (Wildman–Crippen LogP) is 3.46. The van der Waals surface area contributed by atoms with Crippen molar-refractivity contribution >= 4 is 23.4 Å². The molecule has 0 saturated carbocycles. The summed E-state index contributed by atoms with van der Waals surface area (Å²) in [6.07, 6.45) is 1.63. The van der Waals surface area contributed by atoms with Crippen LogP contribution in [0, 0.1) is 6.92 Å². The van der Waals surface area contributed by atoms with Crippen LogP contribution in [0.3, 0.4) is 0 Å². The minimum Gasteiger partial charge on any atom is -0.489 e. The molecule has 1 aliphatic heterocycles. The van der Waals surface area contributed by atoms with Crippen molar-refractivity contribution in [3.05, 3.63) is 41.0 Å². The fourth-order valence-corrected chi connectivity index (χ4v) is 2.89. The quantitative estimate of drug-likeness (QED) is 0.924. The minimum absolute atomic E-state index is 0.0750. The summed E-state index contributed by atoms with van der Waals surface area (Å²) in [5.41, 5.74) is 0.997. The number of hydrogen-bond donors (Lipinski definition) is 1. The zero-order chi connectivity index (χ0) is 17.1. The zero-order valence-corrected chi connectivity index (χ0v) is 14.6. The van der Waals surface area contributed by atoms with Gasteiger partial charge in [-0.15, -0.1) is 0 Å². The third-order valence-corrected chi connectivity index (χ3v) is 4.52. The molecule has 6 nitrogen and oxygen atoms in total. The Bertz CT molecular complexity index is 704. The van der Waals surface area contributed by atoms with Gasteiger partial charge in [0.25, 0.3) is 0 Å². The van der Waals surface area contributed by atoms with Crippen LogP contribution in [-0.2, 0) is 7.05 Å². The topological polar surface area (TPSA) is 59.4 Å². The number of halogens is 1. The fraction of sp³-hybridized carbons (Fsp3) is 0.412. The second-order valence-corrected chi connectivity index (χ2v) is 6.37. The van der Waals surface area contributed by atoms with Crippen LogP contribution in [0.1, 0.15) is 18.5 Å². The lowest BCUT2D eigenvalue weighted by Crippen LogP contribution is -2.43. The van der Waals surface area contributed by atoms with Gasteiger partial charge in [-0.25, -0.2) is 4.79 Å². The second-order valence-electron chi connectivity index (χ2n) is 5.96. The third kappa shape index (κ3) is 3.82. The number of rotatable bonds is 3. The van der Waals surface area contributed by atoms with Gasteiger partial charge in [-0.2, -0.15) is 5.10 Å². The number of aryl methyl sites for hydroxylation is 2. The molecule has 0 aliphatic carbocycles. The maximum atomic E-state index is 12.3. The maximum Gasteiger partial charge on any atom is 0.323 e. The lowest BCUT2D eigenvalue weighted by atomic mass is 10.1. The Hall–Kier alpha value is -2.21. The molecule has 24 heavy (non-hydrogen) atoms. The van der Waals surface area contributed by atoms with Gasteiger partial charge in [-0.1, -0.05) is 23.7 Å². The van der Waals surface area contributed by atoms with Crippen molar-refractivity contribution in [1.82, 2.24) is 14.7 Å². The van der Waals surface area contributed by atoms with Crippen LogP contribution < -0.4 is 10.1 Å². The van der Waals surface area contributed by atoms with E-state index in [0.717, 1.165) is 18.5 Å². The Morgan fingerprint density at radius 2 is 2.04 bits per heavy atom. The number of amides is 2. The van der Waals surface area contributed by atoms with E-state index in [9.17, 15) is 4.79 Å². The van der Waals surface area contributed by atoms with E-state index in [-0.39, 0.29) is 12.1 Å². The normalized spacial score (nSPS) is 15.4. The summed E-state index contributed by atoms with van der Waals surface area (Å²) in [5, 5.41) is 7.70. The first-order valence-electron chi connectivity index (χ1n) is 8.00. The van der Waals surface area contributed by atoms with E-state index in [1.807, 2.05) is 44.3 Å². The van der Waals surface area contributed by atoms with E-state index in [1.54, 1.807) is 9.58 Å². The highest BCUT2D eigenvalue weighted by Gasteiger charge is 2.24. The Kier molecular flexibility index (Phi) is 4.94. The fourth-order valence-electron chi connectivity index (χ4n) is 2.71. The van der Waals surface area contributed by atoms with Crippen molar-refractivity contribution in [3.63, 3.8) is 0 Å². The monoisotopic (exact) mass is 348 g/mol. The molecular weight excluding hydrogens is 328 g/mol. The van der Waals surface area contributed by atoms with Crippen LogP contribution in [0.25, 0.3) is 0 Å². The maximum absolute atomic E-state index is 12.3. The molecular formula is C17H21ClN4O2. The van der Waals surface area contributed by atoms with Crippen molar-refractivity contribution in [2.75, 3.05) is 18.4 Å². The van der Waals surface area contributed by atoms with E-state index < -0.39 is 0 Å². The third-order valence-electron chi connectivity index (χ3n) is 4.21. The summed E-state index contributed by atoms with van der Waals surface area (Å²) in [5.74, 6) is 1.28. The van der Waals surface area contributed by atoms with Crippen LogP contribution >= 0.6 is 11.6 Å². The molecule has 0 atom stereocenters. The number of benzene rings is 1. The summed E-state index contributed by atoms with van der Waals surface area (Å²) >= 11 is 6.12. The van der Waals surface area contributed by atoms with Gasteiger partial charge in [-0.3, -0.25) is 10.00 Å². The summed E-state index contributed by atoms with van der Waals surface area (Å²) in [7, 11) is 1.85. The van der Waals surface area contributed by atoms with Gasteiger partial charge in [0.05, 0.1) is 5.02 Å². The van der Waals surface area contributed by atoms with Crippen molar-refractivity contribution < 1.29 is 9.53 Å². The number of anilines is 1. The Labute approximate surface area is 146 Å². The van der Waals surface area contributed by atoms with Gasteiger partial charge in [0, 0.05) is 44.7 Å². The standard InChI is InChI=1S/C17H21ClN4O2/c1-12-11-16(20-21(12)2)19-17(23)22-9-7-13(8-10-22)24-15-6-4-3-5-14(15)18/h3-6,11,13H,7-10H2,1-2H3,(H,19,20,23). The lowest BCUT2D eigenvalue weighted by Gasteiger charge is -2.32. The van der Waals surface area contributed by atoms with Crippen molar-refractivity contribution in [3.8, 4) is 5.75 Å². The van der Waals surface area contributed by atoms with Crippen molar-refractivity contribution in [1.29, 1.82) is 0 Å². The number of likely N-dealkylation sites (tertiary alicyclic amines) is 1. The number of carbonyl (C=O) groups excluding carboxylic acids is 1. The highest BCUT2D eigenvalue weighted by molar-refractivity contribution is 6.32. The average molecular weight is 349 g/mol. The van der Waals surface area contributed by atoms with Gasteiger partial charge in [0.1, 0.15) is 11.9 Å². The lowest BCUT2D eigenvalue weighted by molar-refractivity contribution is 0.115. The number of para-hydroxylation sites is 1. The van der Waals surface area contributed by atoms with Gasteiger partial charge in [0.2, 0.25) is 0 Å². The van der Waals surface area contributed by atoms with Crippen LogP contribution in [0.15, 0.2) is 30.3 Å². The smallest absolute Gasteiger partial charge is 0.323 e. The SMILES string of the molecule is Cc1cc(NC(=O)N2CCC(Oc3ccccc3Cl)CC2)nn1C. The van der Waals surface area contributed by atoms with E-state index in [0.29, 0.717) is 29.7 Å². The van der Waals surface area contributed by atoms with E-state index in [4.69, 9.17) is 16.3 Å².